The highest BCUT2D eigenvalue weighted by Gasteiger charge is 2.23. The molecule has 28 heteroatoms. The molecule has 5 N–H and O–H groups in total. The van der Waals surface area contributed by atoms with Crippen LogP contribution in [0.2, 0.25) is 0 Å². The van der Waals surface area contributed by atoms with Gasteiger partial charge in [0, 0.05) is 43.3 Å². The zero-order valence-corrected chi connectivity index (χ0v) is 32.0. The number of rotatable bonds is 13. The molecule has 300 valence electrons. The third-order valence-corrected chi connectivity index (χ3v) is 10.8. The van der Waals surface area contributed by atoms with Crippen LogP contribution in [0.1, 0.15) is 12.5 Å². The predicted molar refractivity (Wildman–Crippen MR) is 186 cm³/mol. The maximum atomic E-state index is 13.2. The second-order valence-corrected chi connectivity index (χ2v) is 17.4. The van der Waals surface area contributed by atoms with Crippen molar-refractivity contribution in [3.05, 3.63) is 78.4 Å². The van der Waals surface area contributed by atoms with Crippen LogP contribution >= 0.6 is 0 Å². The number of anilines is 3. The lowest BCUT2D eigenvalue weighted by molar-refractivity contribution is -0.114. The minimum atomic E-state index is -5.42. The van der Waals surface area contributed by atoms with E-state index in [1.54, 1.807) is 6.92 Å². The summed E-state index contributed by atoms with van der Waals surface area (Å²) in [6.07, 6.45) is 0. The maximum absolute atomic E-state index is 13.2. The molecule has 0 aliphatic rings. The van der Waals surface area contributed by atoms with Gasteiger partial charge in [-0.3, -0.25) is 14.2 Å². The second kappa shape index (κ2) is 17.2. The lowest BCUT2D eigenvalue weighted by Gasteiger charge is -2.10. The largest absolute Gasteiger partial charge is 0.508 e. The van der Waals surface area contributed by atoms with Gasteiger partial charge < -0.3 is 23.9 Å². The summed E-state index contributed by atoms with van der Waals surface area (Å²) in [7, 11) is -21.6. The molecule has 4 aromatic carbocycles. The summed E-state index contributed by atoms with van der Waals surface area (Å²) < 4.78 is 178. The van der Waals surface area contributed by atoms with Crippen LogP contribution in [0.4, 0.5) is 32.6 Å². The van der Waals surface area contributed by atoms with E-state index in [1.807, 2.05) is 0 Å². The molecular weight excluding hydrogens is 875 g/mol. The number of aromatic hydroxyl groups is 2. The number of phenolic OH excluding ortho intramolecular Hbond substituents is 2. The highest BCUT2D eigenvalue weighted by molar-refractivity contribution is 7.87. The number of carbonyl (C=O) groups is 1. The molecule has 0 spiro atoms. The number of hydrogen-bond donors (Lipinski definition) is 5. The maximum Gasteiger partial charge on any atom is 0.332 e. The number of phenols is 2. The van der Waals surface area contributed by atoms with Crippen LogP contribution in [-0.2, 0) is 68.2 Å². The normalized spacial score (nSPS) is 13.0. The van der Waals surface area contributed by atoms with Gasteiger partial charge in [0.2, 0.25) is 5.91 Å². The van der Waals surface area contributed by atoms with Crippen molar-refractivity contribution in [2.24, 2.45) is 0 Å². The average molecular weight is 898 g/mol. The lowest BCUT2D eigenvalue weighted by Crippen LogP contribution is -2.12. The van der Waals surface area contributed by atoms with Gasteiger partial charge in [-0.05, 0) is 42.8 Å². The van der Waals surface area contributed by atoms with E-state index in [0.29, 0.717) is 29.8 Å². The van der Waals surface area contributed by atoms with Crippen LogP contribution in [-0.4, -0.2) is 58.2 Å². The molecule has 4 aromatic rings. The quantitative estimate of drug-likeness (QED) is 0.0725. The van der Waals surface area contributed by atoms with Gasteiger partial charge in [0.05, 0.1) is 17.1 Å². The van der Waals surface area contributed by atoms with Crippen LogP contribution in [0.3, 0.4) is 0 Å². The third kappa shape index (κ3) is 13.6. The van der Waals surface area contributed by atoms with Gasteiger partial charge in [-0.1, -0.05) is 6.07 Å². The van der Waals surface area contributed by atoms with Gasteiger partial charge in [0.1, 0.15) is 42.6 Å². The van der Waals surface area contributed by atoms with Gasteiger partial charge in [-0.25, -0.2) is 0 Å². The summed E-state index contributed by atoms with van der Waals surface area (Å²) in [6.45, 7) is 2.83. The molecule has 2 atom stereocenters. The third-order valence-electron chi connectivity index (χ3n) is 6.10. The molecule has 0 aromatic heterocycles. The Kier molecular flexibility index (Phi) is 13.9. The molecule has 0 aliphatic carbocycles. The molecule has 55 heavy (non-hydrogen) atoms. The average Bonchev–Trinajstić information content (AvgIpc) is 3.02. The van der Waals surface area contributed by atoms with Crippen LogP contribution in [0.15, 0.2) is 92.4 Å². The Bertz CT molecular complexity index is 2550. The van der Waals surface area contributed by atoms with Crippen LogP contribution in [0, 0.1) is 6.92 Å². The number of halogens is 4. The Hall–Kier alpha value is -5.03. The van der Waals surface area contributed by atoms with Crippen LogP contribution in [0.25, 0.3) is 0 Å². The molecule has 0 aliphatic heterocycles. The van der Waals surface area contributed by atoms with Crippen molar-refractivity contribution in [2.75, 3.05) is 14.8 Å². The fourth-order valence-corrected chi connectivity index (χ4v) is 7.23. The van der Waals surface area contributed by atoms with E-state index in [-0.39, 0.29) is 34.9 Å². The van der Waals surface area contributed by atoms with E-state index in [0.717, 1.165) is 6.07 Å². The van der Waals surface area contributed by atoms with E-state index < -0.39 is 106 Å². The molecule has 2 unspecified atom stereocenters. The van der Waals surface area contributed by atoms with Crippen molar-refractivity contribution in [1.82, 2.24) is 0 Å². The van der Waals surface area contributed by atoms with Crippen molar-refractivity contribution in [3.8, 4) is 23.0 Å². The van der Waals surface area contributed by atoms with E-state index >= 15 is 0 Å². The monoisotopic (exact) mass is 897 g/mol. The first-order chi connectivity index (χ1) is 25.1. The highest BCUT2D eigenvalue weighted by Crippen LogP contribution is 2.30. The molecule has 0 bridgehead atoms. The fourth-order valence-electron chi connectivity index (χ4n) is 3.72. The minimum absolute atomic E-state index is 0.0162. The van der Waals surface area contributed by atoms with Gasteiger partial charge in [-0.2, -0.15) is 42.1 Å². The van der Waals surface area contributed by atoms with Crippen molar-refractivity contribution in [1.29, 1.82) is 0 Å². The Balaban J connectivity index is 0.000000297. The van der Waals surface area contributed by atoms with Crippen LogP contribution < -0.4 is 23.1 Å². The number of carbonyl (C=O) groups excluding carboxylic acids is 1. The summed E-state index contributed by atoms with van der Waals surface area (Å²) in [5.74, 6) is -2.36. The molecule has 18 nitrogen and oxygen atoms in total. The zero-order valence-electron chi connectivity index (χ0n) is 27.1. The minimum Gasteiger partial charge on any atom is -0.508 e. The van der Waals surface area contributed by atoms with Gasteiger partial charge in [-0.15, -0.1) is 15.5 Å². The Labute approximate surface area is 315 Å². The summed E-state index contributed by atoms with van der Waals surface area (Å²) in [5, 5.41) is 21.7. The SMILES string of the molecule is CC(=O)Nc1ccc(NS(=O)Oc2cc(S(=O)(=O)F)cc(S(=O)(=O)F)c2)cc1O.Cc1ccc(NS(=O)Oc2cc(S(=O)(=O)F)cc(S(=O)(=O)F)c2)cc1O. The zero-order chi connectivity index (χ0) is 41.7. The van der Waals surface area contributed by atoms with Gasteiger partial charge in [0.25, 0.3) is 0 Å². The standard InChI is InChI=1S/C14H12F2N2O8S3.C13H11F2NO7S3/c1-8(19)17-13-3-2-9(4-14(13)20)18-27(21)26-10-5-11(28(15,22)23)7-12(6-10)29(16,24)25;1-8-2-3-9(4-13(8)17)16-24(18)23-10-5-11(25(14,19)20)7-12(6-10)26(15,21)22/h2-7,18,20H,1H3,(H,17,19);2-7,16-17H,1H3. The topological polar surface area (TPSA) is 283 Å². The first kappa shape index (κ1) is 44.4. The molecule has 0 saturated heterocycles. The number of benzene rings is 4. The van der Waals surface area contributed by atoms with E-state index in [1.165, 1.54) is 37.3 Å². The fraction of sp³-hybridized carbons (Fsp3) is 0.0741. The van der Waals surface area contributed by atoms with Crippen molar-refractivity contribution < 1.29 is 81.0 Å². The molecular formula is C27H23F4N3O15S6. The van der Waals surface area contributed by atoms with Crippen molar-refractivity contribution >= 4 is 86.4 Å². The molecule has 0 fully saturated rings. The van der Waals surface area contributed by atoms with E-state index in [9.17, 15) is 72.6 Å². The van der Waals surface area contributed by atoms with E-state index in [2.05, 4.69) is 14.8 Å². The number of hydrogen-bond acceptors (Lipinski definition) is 15. The summed E-state index contributed by atoms with van der Waals surface area (Å²) in [5.41, 5.74) is 0.774. The first-order valence-corrected chi connectivity index (χ1v) is 21.5. The Morgan fingerprint density at radius 3 is 1.24 bits per heavy atom. The smallest absolute Gasteiger partial charge is 0.332 e. The molecule has 0 radical (unpaired) electrons. The molecule has 0 heterocycles. The van der Waals surface area contributed by atoms with Crippen molar-refractivity contribution in [3.63, 3.8) is 0 Å². The van der Waals surface area contributed by atoms with E-state index in [4.69, 9.17) is 8.37 Å². The molecule has 4 rings (SSSR count). The second-order valence-electron chi connectivity index (χ2n) is 10.3. The molecule has 0 saturated carbocycles. The highest BCUT2D eigenvalue weighted by atomic mass is 32.3. The van der Waals surface area contributed by atoms with Gasteiger partial charge >= 0.3 is 63.4 Å². The number of amides is 1. The number of nitrogens with one attached hydrogen (secondary N) is 3. The van der Waals surface area contributed by atoms with Crippen LogP contribution in [0.5, 0.6) is 23.0 Å². The lowest BCUT2D eigenvalue weighted by atomic mass is 10.2. The summed E-state index contributed by atoms with van der Waals surface area (Å²) in [6, 6.07) is 10.3. The van der Waals surface area contributed by atoms with Crippen molar-refractivity contribution in [2.45, 2.75) is 33.4 Å². The molecule has 1 amide bonds. The predicted octanol–water partition coefficient (Wildman–Crippen LogP) is 3.82. The number of aryl methyl sites for hydroxylation is 1. The summed E-state index contributed by atoms with van der Waals surface area (Å²) in [4.78, 5) is 6.17. The first-order valence-electron chi connectivity index (χ1n) is 13.8. The van der Waals surface area contributed by atoms with Gasteiger partial charge in [0.15, 0.2) is 0 Å². The summed E-state index contributed by atoms with van der Waals surface area (Å²) >= 11 is -4.90. The Morgan fingerprint density at radius 1 is 0.582 bits per heavy atom. The Morgan fingerprint density at radius 2 is 0.927 bits per heavy atom.